The van der Waals surface area contributed by atoms with Crippen molar-refractivity contribution in [3.8, 4) is 0 Å². The molecule has 0 aliphatic carbocycles. The summed E-state index contributed by atoms with van der Waals surface area (Å²) < 4.78 is 0. The summed E-state index contributed by atoms with van der Waals surface area (Å²) in [7, 11) is 0. The van der Waals surface area contributed by atoms with Crippen molar-refractivity contribution in [3.05, 3.63) is 34.3 Å². The van der Waals surface area contributed by atoms with Crippen LogP contribution in [0.1, 0.15) is 37.8 Å². The van der Waals surface area contributed by atoms with E-state index in [1.807, 2.05) is 6.92 Å². The predicted octanol–water partition coefficient (Wildman–Crippen LogP) is 4.63. The zero-order valence-corrected chi connectivity index (χ0v) is 10.1. The fraction of sp³-hybridized carbons (Fsp3) is 0.538. The number of benzene rings is 1. The van der Waals surface area contributed by atoms with E-state index in [4.69, 9.17) is 11.6 Å². The summed E-state index contributed by atoms with van der Waals surface area (Å²) in [5.41, 5.74) is 2.53. The van der Waals surface area contributed by atoms with Gasteiger partial charge in [-0.2, -0.15) is 0 Å². The Kier molecular flexibility index (Phi) is 4.47. The third-order valence-corrected chi connectivity index (χ3v) is 2.89. The number of hydrogen-bond donors (Lipinski definition) is 0. The first kappa shape index (κ1) is 11.6. The van der Waals surface area contributed by atoms with E-state index in [1.54, 1.807) is 0 Å². The minimum Gasteiger partial charge on any atom is -0.0840 e. The van der Waals surface area contributed by atoms with Crippen molar-refractivity contribution in [2.24, 2.45) is 5.92 Å². The highest BCUT2D eigenvalue weighted by Crippen LogP contribution is 2.18. The van der Waals surface area contributed by atoms with Crippen LogP contribution < -0.4 is 0 Å². The van der Waals surface area contributed by atoms with Gasteiger partial charge >= 0.3 is 0 Å². The molecule has 0 saturated heterocycles. The molecule has 78 valence electrons. The lowest BCUT2D eigenvalue weighted by atomic mass is 10.0. The van der Waals surface area contributed by atoms with E-state index in [9.17, 15) is 0 Å². The third-order valence-electron chi connectivity index (χ3n) is 2.48. The van der Waals surface area contributed by atoms with E-state index in [2.05, 4.69) is 32.0 Å². The molecule has 14 heavy (non-hydrogen) atoms. The second-order valence-corrected chi connectivity index (χ2v) is 4.78. The predicted molar refractivity (Wildman–Crippen MR) is 64.0 cm³/mol. The lowest BCUT2D eigenvalue weighted by Crippen LogP contribution is -1.91. The minimum atomic E-state index is 0.802. The van der Waals surface area contributed by atoms with Gasteiger partial charge in [-0.1, -0.05) is 44.0 Å². The van der Waals surface area contributed by atoms with Gasteiger partial charge in [0.15, 0.2) is 0 Å². The summed E-state index contributed by atoms with van der Waals surface area (Å²) >= 11 is 6.06. The Morgan fingerprint density at radius 1 is 1.29 bits per heavy atom. The highest BCUT2D eigenvalue weighted by Gasteiger charge is 1.99. The molecule has 0 radical (unpaired) electrons. The molecule has 1 aromatic carbocycles. The Bertz CT molecular complexity index is 289. The normalized spacial score (nSPS) is 10.9. The maximum absolute atomic E-state index is 6.06. The summed E-state index contributed by atoms with van der Waals surface area (Å²) in [6.45, 7) is 6.57. The van der Waals surface area contributed by atoms with Gasteiger partial charge in [0.05, 0.1) is 0 Å². The van der Waals surface area contributed by atoms with Crippen LogP contribution in [0.4, 0.5) is 0 Å². The van der Waals surface area contributed by atoms with Crippen LogP contribution in [0.15, 0.2) is 18.2 Å². The molecule has 1 aromatic rings. The van der Waals surface area contributed by atoms with Crippen molar-refractivity contribution in [1.29, 1.82) is 0 Å². The van der Waals surface area contributed by atoms with E-state index < -0.39 is 0 Å². The van der Waals surface area contributed by atoms with Crippen molar-refractivity contribution < 1.29 is 0 Å². The van der Waals surface area contributed by atoms with Gasteiger partial charge in [-0.3, -0.25) is 0 Å². The van der Waals surface area contributed by atoms with Gasteiger partial charge in [0.25, 0.3) is 0 Å². The highest BCUT2D eigenvalue weighted by atomic mass is 35.5. The molecule has 0 heterocycles. The SMILES string of the molecule is Cc1ccc(CCCC(C)C)cc1Cl. The zero-order chi connectivity index (χ0) is 10.6. The molecule has 0 unspecified atom stereocenters. The van der Waals surface area contributed by atoms with Crippen LogP contribution in [0.3, 0.4) is 0 Å². The molecule has 1 heteroatoms. The van der Waals surface area contributed by atoms with Gasteiger partial charge in [0.2, 0.25) is 0 Å². The topological polar surface area (TPSA) is 0 Å². The average Bonchev–Trinajstić information content (AvgIpc) is 2.10. The molecule has 0 bridgehead atoms. The summed E-state index contributed by atoms with van der Waals surface area (Å²) in [6.07, 6.45) is 3.71. The molecule has 0 aliphatic rings. The number of halogens is 1. The van der Waals surface area contributed by atoms with Crippen LogP contribution in [0, 0.1) is 12.8 Å². The Morgan fingerprint density at radius 2 is 2.00 bits per heavy atom. The fourth-order valence-corrected chi connectivity index (χ4v) is 1.71. The molecule has 0 saturated carbocycles. The van der Waals surface area contributed by atoms with E-state index in [0.29, 0.717) is 0 Å². The molecule has 0 aromatic heterocycles. The smallest absolute Gasteiger partial charge is 0.0437 e. The van der Waals surface area contributed by atoms with Gasteiger partial charge in [0, 0.05) is 5.02 Å². The van der Waals surface area contributed by atoms with E-state index in [1.165, 1.54) is 24.0 Å². The Balaban J connectivity index is 2.47. The maximum atomic E-state index is 6.06. The maximum Gasteiger partial charge on any atom is 0.0437 e. The van der Waals surface area contributed by atoms with E-state index >= 15 is 0 Å². The van der Waals surface area contributed by atoms with Crippen molar-refractivity contribution >= 4 is 11.6 Å². The molecule has 0 atom stereocenters. The van der Waals surface area contributed by atoms with Crippen molar-refractivity contribution in [1.82, 2.24) is 0 Å². The van der Waals surface area contributed by atoms with Gasteiger partial charge in [-0.05, 0) is 42.9 Å². The quantitative estimate of drug-likeness (QED) is 0.680. The molecule has 1 rings (SSSR count). The van der Waals surface area contributed by atoms with Gasteiger partial charge in [0.1, 0.15) is 0 Å². The standard InChI is InChI=1S/C13H19Cl/c1-10(2)5-4-6-12-8-7-11(3)13(14)9-12/h7-10H,4-6H2,1-3H3. The van der Waals surface area contributed by atoms with Crippen LogP contribution in [-0.2, 0) is 6.42 Å². The van der Waals surface area contributed by atoms with Crippen molar-refractivity contribution in [2.75, 3.05) is 0 Å². The summed E-state index contributed by atoms with van der Waals surface area (Å²) in [5.74, 6) is 0.802. The Morgan fingerprint density at radius 3 is 2.57 bits per heavy atom. The molecule has 0 N–H and O–H groups in total. The number of hydrogen-bond acceptors (Lipinski definition) is 0. The van der Waals surface area contributed by atoms with E-state index in [0.717, 1.165) is 17.4 Å². The highest BCUT2D eigenvalue weighted by molar-refractivity contribution is 6.31. The van der Waals surface area contributed by atoms with Gasteiger partial charge < -0.3 is 0 Å². The van der Waals surface area contributed by atoms with Crippen LogP contribution in [0.25, 0.3) is 0 Å². The van der Waals surface area contributed by atoms with Crippen LogP contribution in [0.2, 0.25) is 5.02 Å². The van der Waals surface area contributed by atoms with Gasteiger partial charge in [-0.25, -0.2) is 0 Å². The summed E-state index contributed by atoms with van der Waals surface area (Å²) in [4.78, 5) is 0. The summed E-state index contributed by atoms with van der Waals surface area (Å²) in [6, 6.07) is 6.38. The molecule has 0 fully saturated rings. The molecular formula is C13H19Cl. The fourth-order valence-electron chi connectivity index (χ4n) is 1.51. The van der Waals surface area contributed by atoms with Crippen LogP contribution in [-0.4, -0.2) is 0 Å². The van der Waals surface area contributed by atoms with Gasteiger partial charge in [-0.15, -0.1) is 0 Å². The first-order valence-electron chi connectivity index (χ1n) is 5.34. The number of aryl methyl sites for hydroxylation is 2. The second-order valence-electron chi connectivity index (χ2n) is 4.37. The Labute approximate surface area is 92.3 Å². The lowest BCUT2D eigenvalue weighted by Gasteiger charge is -2.06. The summed E-state index contributed by atoms with van der Waals surface area (Å²) in [5, 5.41) is 0.895. The lowest BCUT2D eigenvalue weighted by molar-refractivity contribution is 0.556. The van der Waals surface area contributed by atoms with Crippen molar-refractivity contribution in [2.45, 2.75) is 40.0 Å². The third kappa shape index (κ3) is 3.71. The van der Waals surface area contributed by atoms with Crippen LogP contribution in [0.5, 0.6) is 0 Å². The first-order valence-corrected chi connectivity index (χ1v) is 5.72. The first-order chi connectivity index (χ1) is 6.59. The zero-order valence-electron chi connectivity index (χ0n) is 9.31. The molecule has 0 amide bonds. The van der Waals surface area contributed by atoms with E-state index in [-0.39, 0.29) is 0 Å². The minimum absolute atomic E-state index is 0.802. The molecular weight excluding hydrogens is 192 g/mol. The molecule has 0 aliphatic heterocycles. The monoisotopic (exact) mass is 210 g/mol. The van der Waals surface area contributed by atoms with Crippen LogP contribution >= 0.6 is 11.6 Å². The second kappa shape index (κ2) is 5.41. The average molecular weight is 211 g/mol. The van der Waals surface area contributed by atoms with Crippen molar-refractivity contribution in [3.63, 3.8) is 0 Å². The number of rotatable bonds is 4. The molecule has 0 nitrogen and oxygen atoms in total. The Hall–Kier alpha value is -0.490. The molecule has 0 spiro atoms. The largest absolute Gasteiger partial charge is 0.0840 e.